The van der Waals surface area contributed by atoms with Gasteiger partial charge in [-0.2, -0.15) is 5.26 Å². The fourth-order valence-electron chi connectivity index (χ4n) is 11.3. The van der Waals surface area contributed by atoms with Crippen LogP contribution in [0.3, 0.4) is 0 Å². The molecule has 15 heteroatoms. The van der Waals surface area contributed by atoms with Crippen molar-refractivity contribution in [1.82, 2.24) is 25.4 Å². The first-order valence-corrected chi connectivity index (χ1v) is 21.8. The van der Waals surface area contributed by atoms with E-state index in [1.54, 1.807) is 36.5 Å². The molecule has 6 heterocycles. The average molecular weight is 847 g/mol. The Hall–Kier alpha value is -5.52. The number of carbonyl (C=O) groups excluding carboxylic acids is 5. The van der Waals surface area contributed by atoms with E-state index in [1.807, 2.05) is 18.2 Å². The van der Waals surface area contributed by atoms with Gasteiger partial charge >= 0.3 is 0 Å². The van der Waals surface area contributed by atoms with Crippen molar-refractivity contribution >= 4 is 52.6 Å². The molecular weight excluding hydrogens is 796 g/mol. The van der Waals surface area contributed by atoms with Gasteiger partial charge in [-0.1, -0.05) is 39.3 Å². The highest BCUT2D eigenvalue weighted by atomic mass is 35.5. The number of nitrogens with one attached hydrogen (secondary N) is 2. The Morgan fingerprint density at radius 2 is 1.61 bits per heavy atom. The van der Waals surface area contributed by atoms with Crippen molar-refractivity contribution in [3.63, 3.8) is 0 Å². The number of hydrogen-bond donors (Lipinski definition) is 2. The Balaban J connectivity index is 0.759. The van der Waals surface area contributed by atoms with Gasteiger partial charge in [0.2, 0.25) is 11.8 Å². The molecule has 61 heavy (non-hydrogen) atoms. The first-order chi connectivity index (χ1) is 29.1. The molecule has 1 aliphatic carbocycles. The summed E-state index contributed by atoms with van der Waals surface area (Å²) in [5.74, 6) is -0.107. The molecule has 5 fully saturated rings. The fourth-order valence-corrected chi connectivity index (χ4v) is 11.5. The number of imide groups is 2. The van der Waals surface area contributed by atoms with E-state index in [9.17, 15) is 29.2 Å². The van der Waals surface area contributed by atoms with Crippen molar-refractivity contribution in [2.24, 2.45) is 16.7 Å². The minimum absolute atomic E-state index is 0.0901. The zero-order valence-corrected chi connectivity index (χ0v) is 35.7. The van der Waals surface area contributed by atoms with Crippen LogP contribution in [-0.2, 0) is 9.59 Å². The Morgan fingerprint density at radius 1 is 0.902 bits per heavy atom. The zero-order chi connectivity index (χ0) is 43.0. The second kappa shape index (κ2) is 15.4. The molecule has 318 valence electrons. The molecule has 2 bridgehead atoms. The lowest BCUT2D eigenvalue weighted by molar-refractivity contribution is -0.164. The number of fused-ring (bicyclic) bond motifs is 3. The Morgan fingerprint density at radius 3 is 2.25 bits per heavy atom. The van der Waals surface area contributed by atoms with E-state index in [1.165, 1.54) is 0 Å². The van der Waals surface area contributed by atoms with E-state index >= 15 is 0 Å². The van der Waals surface area contributed by atoms with Crippen LogP contribution in [0.1, 0.15) is 103 Å². The highest BCUT2D eigenvalue weighted by Crippen LogP contribution is 2.55. The molecule has 2 N–H and O–H groups in total. The molecule has 3 aromatic rings. The lowest BCUT2D eigenvalue weighted by Gasteiger charge is -2.63. The Kier molecular flexibility index (Phi) is 10.3. The monoisotopic (exact) mass is 846 g/mol. The van der Waals surface area contributed by atoms with Gasteiger partial charge in [0.05, 0.1) is 27.3 Å². The normalized spacial score (nSPS) is 27.0. The van der Waals surface area contributed by atoms with Gasteiger partial charge in [-0.25, -0.2) is 4.98 Å². The molecule has 1 aromatic heterocycles. The maximum atomic E-state index is 13.5. The molecule has 5 amide bonds. The van der Waals surface area contributed by atoms with Crippen LogP contribution in [0.2, 0.25) is 5.02 Å². The van der Waals surface area contributed by atoms with E-state index in [0.29, 0.717) is 51.0 Å². The van der Waals surface area contributed by atoms with Crippen molar-refractivity contribution in [3.05, 3.63) is 82.0 Å². The number of anilines is 2. The zero-order valence-electron chi connectivity index (χ0n) is 34.9. The second-order valence-electron chi connectivity index (χ2n) is 18.8. The molecule has 2 aromatic carbocycles. The lowest BCUT2D eigenvalue weighted by Crippen LogP contribution is -2.74. The van der Waals surface area contributed by atoms with Gasteiger partial charge in [-0.3, -0.25) is 39.1 Å². The van der Waals surface area contributed by atoms with Crippen molar-refractivity contribution in [2.75, 3.05) is 42.5 Å². The number of benzene rings is 2. The van der Waals surface area contributed by atoms with Gasteiger partial charge in [-0.15, -0.1) is 0 Å². The number of rotatable bonds is 9. The summed E-state index contributed by atoms with van der Waals surface area (Å²) >= 11 is 6.26. The third kappa shape index (κ3) is 7.19. The second-order valence-corrected chi connectivity index (χ2v) is 19.2. The number of piperidine rings is 2. The third-order valence-electron chi connectivity index (χ3n) is 14.3. The number of ether oxygens (including phenoxy) is 1. The number of nitriles is 1. The summed E-state index contributed by atoms with van der Waals surface area (Å²) in [5.41, 5.74) is 1.69. The molecule has 6 aliphatic rings. The van der Waals surface area contributed by atoms with Crippen LogP contribution in [0.4, 0.5) is 11.5 Å². The first kappa shape index (κ1) is 40.9. The summed E-state index contributed by atoms with van der Waals surface area (Å²) < 4.78 is 6.38. The Bertz CT molecular complexity index is 2320. The van der Waals surface area contributed by atoms with Gasteiger partial charge in [-0.05, 0) is 80.5 Å². The molecule has 0 radical (unpaired) electrons. The van der Waals surface area contributed by atoms with Crippen LogP contribution in [0.5, 0.6) is 5.75 Å². The van der Waals surface area contributed by atoms with Crippen LogP contribution in [-0.4, -0.2) is 107 Å². The highest BCUT2D eigenvalue weighted by Gasteiger charge is 2.64. The topological polar surface area (TPSA) is 168 Å². The van der Waals surface area contributed by atoms with Crippen LogP contribution in [0.15, 0.2) is 54.7 Å². The third-order valence-corrected chi connectivity index (χ3v) is 14.6. The van der Waals surface area contributed by atoms with Crippen LogP contribution >= 0.6 is 11.6 Å². The number of halogens is 1. The molecule has 3 atom stereocenters. The summed E-state index contributed by atoms with van der Waals surface area (Å²) in [5, 5.41) is 15.1. The fraction of sp³-hybridized carbons (Fsp3) is 0.500. The van der Waals surface area contributed by atoms with Gasteiger partial charge < -0.3 is 19.9 Å². The lowest BCUT2D eigenvalue weighted by atomic mass is 9.49. The molecule has 14 nitrogen and oxygen atoms in total. The molecule has 3 unspecified atom stereocenters. The summed E-state index contributed by atoms with van der Waals surface area (Å²) in [6.45, 7) is 12.9. The predicted octanol–water partition coefficient (Wildman–Crippen LogP) is 5.19. The summed E-state index contributed by atoms with van der Waals surface area (Å²) in [4.78, 5) is 77.5. The highest BCUT2D eigenvalue weighted by molar-refractivity contribution is 6.31. The number of carbonyl (C=O) groups is 5. The van der Waals surface area contributed by atoms with E-state index in [0.717, 1.165) is 74.8 Å². The number of hydrogen-bond acceptors (Lipinski definition) is 11. The number of piperazine rings is 1. The molecule has 9 rings (SSSR count). The average Bonchev–Trinajstić information content (AvgIpc) is 3.61. The molecule has 0 spiro atoms. The quantitative estimate of drug-likeness (QED) is 0.272. The van der Waals surface area contributed by atoms with Crippen LogP contribution < -0.4 is 25.2 Å². The molecule has 1 saturated carbocycles. The van der Waals surface area contributed by atoms with Crippen LogP contribution in [0.25, 0.3) is 0 Å². The van der Waals surface area contributed by atoms with Gasteiger partial charge in [0, 0.05) is 86.1 Å². The summed E-state index contributed by atoms with van der Waals surface area (Å²) in [6, 6.07) is 16.0. The smallest absolute Gasteiger partial charge is 0.262 e. The molecule has 5 aliphatic heterocycles. The van der Waals surface area contributed by atoms with E-state index < -0.39 is 29.7 Å². The van der Waals surface area contributed by atoms with E-state index in [2.05, 4.69) is 59.1 Å². The van der Waals surface area contributed by atoms with Gasteiger partial charge in [0.15, 0.2) is 0 Å². The number of aromatic nitrogens is 1. The SMILES string of the molecule is CC1(C)C(NC(=O)c2ccc(N3CCC(CN4C5CCC4CN(c4ccc6c(c4)C(=O)N(C4CCC(=O)NC4=O)C6=O)C5)CC3)nc2)C(C)(C)C1Oc1ccc(C#N)c(Cl)c1. The van der Waals surface area contributed by atoms with Gasteiger partial charge in [0.1, 0.15) is 29.8 Å². The minimum Gasteiger partial charge on any atom is -0.489 e. The van der Waals surface area contributed by atoms with Crippen molar-refractivity contribution in [3.8, 4) is 11.8 Å². The molecule has 4 saturated heterocycles. The summed E-state index contributed by atoms with van der Waals surface area (Å²) in [6.07, 6.45) is 6.04. The Labute approximate surface area is 360 Å². The number of pyridine rings is 1. The maximum absolute atomic E-state index is 13.5. The number of amides is 5. The van der Waals surface area contributed by atoms with E-state index in [-0.39, 0.29) is 41.7 Å². The van der Waals surface area contributed by atoms with Crippen molar-refractivity contribution < 1.29 is 28.7 Å². The standard InChI is InChI=1S/C46H51ClN8O6/c1-45(2)43(46(3,4)44(45)61-32-10-5-27(21-48)35(47)20-32)51-39(57)28-6-13-37(49-22-28)52-17-15-26(16-18-52)23-54-30-7-8-31(54)25-53(24-30)29-9-11-33-34(19-29)42(60)55(41(33)59)36-12-14-38(56)50-40(36)58/h5-6,9-11,13,19-20,22,26,30-31,36,43-44H,7-8,12,14-18,23-25H2,1-4H3,(H,51,57)(H,50,56,58). The van der Waals surface area contributed by atoms with Crippen molar-refractivity contribution in [2.45, 2.75) is 96.5 Å². The predicted molar refractivity (Wildman–Crippen MR) is 227 cm³/mol. The van der Waals surface area contributed by atoms with E-state index in [4.69, 9.17) is 21.3 Å². The van der Waals surface area contributed by atoms with Gasteiger partial charge in [0.25, 0.3) is 17.7 Å². The maximum Gasteiger partial charge on any atom is 0.262 e. The first-order valence-electron chi connectivity index (χ1n) is 21.4. The minimum atomic E-state index is -0.978. The van der Waals surface area contributed by atoms with Crippen molar-refractivity contribution in [1.29, 1.82) is 5.26 Å². The van der Waals surface area contributed by atoms with Crippen LogP contribution in [0, 0.1) is 28.1 Å². The molecular formula is C46H51ClN8O6. The summed E-state index contributed by atoms with van der Waals surface area (Å²) in [7, 11) is 0. The largest absolute Gasteiger partial charge is 0.489 e. The number of nitrogens with zero attached hydrogens (tertiary/aromatic N) is 6.